The number of aromatic amines is 1. The average Bonchev–Trinajstić information content (AvgIpc) is 3.09. The molecule has 0 spiro atoms. The number of fused-ring (bicyclic) bond motifs is 1. The molecule has 0 fully saturated rings. The second-order valence-electron chi connectivity index (χ2n) is 5.76. The van der Waals surface area contributed by atoms with Crippen LogP contribution in [0, 0.1) is 12.3 Å². The minimum absolute atomic E-state index is 0.0114. The van der Waals surface area contributed by atoms with E-state index in [1.54, 1.807) is 6.07 Å². The highest BCUT2D eigenvalue weighted by molar-refractivity contribution is 7.89. The van der Waals surface area contributed by atoms with Crippen molar-refractivity contribution in [2.45, 2.75) is 11.3 Å². The molecule has 0 saturated carbocycles. The third-order valence-electron chi connectivity index (χ3n) is 3.86. The smallest absolute Gasteiger partial charge is 0.251 e. The van der Waals surface area contributed by atoms with Gasteiger partial charge in [-0.1, -0.05) is 24.1 Å². The summed E-state index contributed by atoms with van der Waals surface area (Å²) in [7, 11) is -3.74. The maximum absolute atomic E-state index is 12.3. The van der Waals surface area contributed by atoms with Crippen molar-refractivity contribution in [3.05, 3.63) is 59.9 Å². The van der Waals surface area contributed by atoms with Crippen LogP contribution in [-0.2, 0) is 16.4 Å². The van der Waals surface area contributed by atoms with Gasteiger partial charge in [-0.2, -0.15) is 4.72 Å². The number of para-hydroxylation sites is 2. The van der Waals surface area contributed by atoms with Crippen molar-refractivity contribution in [2.75, 3.05) is 13.1 Å². The van der Waals surface area contributed by atoms with Gasteiger partial charge in [0.2, 0.25) is 10.0 Å². The molecule has 0 saturated heterocycles. The zero-order chi connectivity index (χ0) is 19.3. The van der Waals surface area contributed by atoms with Gasteiger partial charge in [0.25, 0.3) is 5.91 Å². The second kappa shape index (κ2) is 8.03. The normalized spacial score (nSPS) is 11.2. The number of H-pyrrole nitrogens is 1. The molecule has 0 bridgehead atoms. The molecule has 0 aliphatic rings. The lowest BCUT2D eigenvalue weighted by Gasteiger charge is -2.07. The van der Waals surface area contributed by atoms with E-state index in [-0.39, 0.29) is 22.9 Å². The first-order chi connectivity index (χ1) is 13.0. The largest absolute Gasteiger partial charge is 0.352 e. The first-order valence-corrected chi connectivity index (χ1v) is 9.73. The number of aromatic nitrogens is 2. The minimum atomic E-state index is -3.74. The predicted molar refractivity (Wildman–Crippen MR) is 103 cm³/mol. The fourth-order valence-electron chi connectivity index (χ4n) is 2.55. The molecule has 3 aromatic rings. The summed E-state index contributed by atoms with van der Waals surface area (Å²) in [4.78, 5) is 19.9. The van der Waals surface area contributed by atoms with Gasteiger partial charge in [0.1, 0.15) is 5.82 Å². The van der Waals surface area contributed by atoms with E-state index in [4.69, 9.17) is 6.42 Å². The van der Waals surface area contributed by atoms with Crippen molar-refractivity contribution in [3.63, 3.8) is 0 Å². The predicted octanol–water partition coefficient (Wildman–Crippen LogP) is 1.45. The van der Waals surface area contributed by atoms with Crippen LogP contribution in [0.1, 0.15) is 16.2 Å². The lowest BCUT2D eigenvalue weighted by Crippen LogP contribution is -2.27. The van der Waals surface area contributed by atoms with E-state index >= 15 is 0 Å². The summed E-state index contributed by atoms with van der Waals surface area (Å²) in [5, 5.41) is 2.77. The third kappa shape index (κ3) is 4.53. The Labute approximate surface area is 157 Å². The Hall–Kier alpha value is -3.15. The molecule has 8 heteroatoms. The number of carbonyl (C=O) groups is 1. The summed E-state index contributed by atoms with van der Waals surface area (Å²) >= 11 is 0. The SMILES string of the molecule is C#CCNS(=O)(=O)c1cccc(C(=O)NCCc2nc3ccccc3[nH]2)c1. The summed E-state index contributed by atoms with van der Waals surface area (Å²) in [6.45, 7) is 0.251. The van der Waals surface area contributed by atoms with Gasteiger partial charge in [-0.05, 0) is 30.3 Å². The second-order valence-corrected chi connectivity index (χ2v) is 7.53. The van der Waals surface area contributed by atoms with Crippen molar-refractivity contribution >= 4 is 27.0 Å². The van der Waals surface area contributed by atoms with Gasteiger partial charge in [-0.25, -0.2) is 13.4 Å². The number of sulfonamides is 1. The van der Waals surface area contributed by atoms with Crippen molar-refractivity contribution in [1.29, 1.82) is 0 Å². The monoisotopic (exact) mass is 382 g/mol. The van der Waals surface area contributed by atoms with Gasteiger partial charge < -0.3 is 10.3 Å². The molecule has 2 aromatic carbocycles. The summed E-state index contributed by atoms with van der Waals surface area (Å²) in [5.74, 6) is 2.61. The Kier molecular flexibility index (Phi) is 5.54. The van der Waals surface area contributed by atoms with Gasteiger partial charge in [0.15, 0.2) is 0 Å². The number of rotatable bonds is 7. The van der Waals surface area contributed by atoms with E-state index in [9.17, 15) is 13.2 Å². The van der Waals surface area contributed by atoms with Gasteiger partial charge in [0, 0.05) is 18.5 Å². The van der Waals surface area contributed by atoms with Crippen molar-refractivity contribution < 1.29 is 13.2 Å². The molecule has 27 heavy (non-hydrogen) atoms. The van der Waals surface area contributed by atoms with E-state index < -0.39 is 10.0 Å². The van der Waals surface area contributed by atoms with Crippen molar-refractivity contribution in [2.24, 2.45) is 0 Å². The lowest BCUT2D eigenvalue weighted by molar-refractivity contribution is 0.0954. The Morgan fingerprint density at radius 2 is 2.00 bits per heavy atom. The molecule has 1 amide bonds. The molecule has 1 heterocycles. The number of hydrogen-bond donors (Lipinski definition) is 3. The van der Waals surface area contributed by atoms with Gasteiger partial charge in [0.05, 0.1) is 22.5 Å². The molecule has 1 aromatic heterocycles. The van der Waals surface area contributed by atoms with Crippen molar-refractivity contribution in [3.8, 4) is 12.3 Å². The highest BCUT2D eigenvalue weighted by atomic mass is 32.2. The van der Waals surface area contributed by atoms with Gasteiger partial charge >= 0.3 is 0 Å². The van der Waals surface area contributed by atoms with E-state index in [0.717, 1.165) is 16.9 Å². The molecule has 3 rings (SSSR count). The number of hydrogen-bond acceptors (Lipinski definition) is 4. The maximum Gasteiger partial charge on any atom is 0.251 e. The zero-order valence-corrected chi connectivity index (χ0v) is 15.2. The van der Waals surface area contributed by atoms with Crippen molar-refractivity contribution in [1.82, 2.24) is 20.0 Å². The number of imidazole rings is 1. The zero-order valence-electron chi connectivity index (χ0n) is 14.4. The van der Waals surface area contributed by atoms with Crippen LogP contribution < -0.4 is 10.0 Å². The standard InChI is InChI=1S/C19H18N4O3S/c1-2-11-21-27(25,26)15-7-5-6-14(13-15)19(24)20-12-10-18-22-16-8-3-4-9-17(16)23-18/h1,3-9,13,21H,10-12H2,(H,20,24)(H,22,23). The number of carbonyl (C=O) groups excluding carboxylic acids is 1. The molecule has 7 nitrogen and oxygen atoms in total. The highest BCUT2D eigenvalue weighted by Crippen LogP contribution is 2.12. The molecular formula is C19H18N4O3S. The van der Waals surface area contributed by atoms with Crippen LogP contribution in [0.25, 0.3) is 11.0 Å². The number of benzene rings is 2. The quantitative estimate of drug-likeness (QED) is 0.538. The fraction of sp³-hybridized carbons (Fsp3) is 0.158. The van der Waals surface area contributed by atoms with Crippen LogP contribution in [-0.4, -0.2) is 37.4 Å². The molecule has 0 atom stereocenters. The number of nitrogens with zero attached hydrogens (tertiary/aromatic N) is 1. The molecule has 0 aliphatic heterocycles. The topological polar surface area (TPSA) is 104 Å². The Morgan fingerprint density at radius 3 is 2.78 bits per heavy atom. The molecule has 0 unspecified atom stereocenters. The van der Waals surface area contributed by atoms with Crippen LogP contribution in [0.2, 0.25) is 0 Å². The summed E-state index contributed by atoms with van der Waals surface area (Å²) in [6.07, 6.45) is 5.60. The highest BCUT2D eigenvalue weighted by Gasteiger charge is 2.15. The molecule has 0 aliphatic carbocycles. The Balaban J connectivity index is 1.62. The van der Waals surface area contributed by atoms with Crippen LogP contribution in [0.4, 0.5) is 0 Å². The number of nitrogens with one attached hydrogen (secondary N) is 3. The van der Waals surface area contributed by atoms with Crippen LogP contribution >= 0.6 is 0 Å². The van der Waals surface area contributed by atoms with E-state index in [1.165, 1.54) is 18.2 Å². The Morgan fingerprint density at radius 1 is 1.19 bits per heavy atom. The summed E-state index contributed by atoms with van der Waals surface area (Å²) in [5.41, 5.74) is 2.07. The average molecular weight is 382 g/mol. The molecule has 138 valence electrons. The lowest BCUT2D eigenvalue weighted by atomic mass is 10.2. The van der Waals surface area contributed by atoms with E-state index in [2.05, 4.69) is 25.9 Å². The van der Waals surface area contributed by atoms with Gasteiger partial charge in [-0.15, -0.1) is 6.42 Å². The van der Waals surface area contributed by atoms with Crippen LogP contribution in [0.5, 0.6) is 0 Å². The first kappa shape index (κ1) is 18.6. The van der Waals surface area contributed by atoms with E-state index in [0.29, 0.717) is 13.0 Å². The molecular weight excluding hydrogens is 364 g/mol. The minimum Gasteiger partial charge on any atom is -0.352 e. The number of amides is 1. The molecule has 3 N–H and O–H groups in total. The van der Waals surface area contributed by atoms with Gasteiger partial charge in [-0.3, -0.25) is 4.79 Å². The van der Waals surface area contributed by atoms with E-state index in [1.807, 2.05) is 24.3 Å². The summed E-state index contributed by atoms with van der Waals surface area (Å²) < 4.78 is 26.5. The number of terminal acetylenes is 1. The first-order valence-electron chi connectivity index (χ1n) is 8.24. The molecule has 0 radical (unpaired) electrons. The fourth-order valence-corrected chi connectivity index (χ4v) is 3.52. The summed E-state index contributed by atoms with van der Waals surface area (Å²) in [6, 6.07) is 13.5. The maximum atomic E-state index is 12.3. The third-order valence-corrected chi connectivity index (χ3v) is 5.26. The van der Waals surface area contributed by atoms with Crippen LogP contribution in [0.3, 0.4) is 0 Å². The Bertz CT molecular complexity index is 1080. The van der Waals surface area contributed by atoms with Crippen LogP contribution in [0.15, 0.2) is 53.4 Å².